The van der Waals surface area contributed by atoms with E-state index in [1.54, 1.807) is 7.05 Å². The summed E-state index contributed by atoms with van der Waals surface area (Å²) in [7, 11) is 1.80. The molecule has 0 heterocycles. The van der Waals surface area contributed by atoms with E-state index in [0.29, 0.717) is 12.0 Å². The SMILES string of the molecule is CNC(C)(CCCCN(CC(C)C)C(C)C)C(N)=O. The van der Waals surface area contributed by atoms with Gasteiger partial charge < -0.3 is 16.0 Å². The van der Waals surface area contributed by atoms with Gasteiger partial charge in [0.1, 0.15) is 0 Å². The minimum absolute atomic E-state index is 0.266. The average molecular weight is 271 g/mol. The standard InChI is InChI=1S/C15H33N3O/c1-12(2)11-18(13(3)4)10-8-7-9-15(5,17-6)14(16)19/h12-13,17H,7-11H2,1-6H3,(H2,16,19). The Hall–Kier alpha value is -0.610. The van der Waals surface area contributed by atoms with E-state index in [0.717, 1.165) is 32.4 Å². The summed E-state index contributed by atoms with van der Waals surface area (Å²) in [5.74, 6) is 0.425. The minimum Gasteiger partial charge on any atom is -0.368 e. The molecule has 0 saturated carbocycles. The molecular weight excluding hydrogens is 238 g/mol. The molecule has 0 aromatic rings. The minimum atomic E-state index is -0.569. The number of hydrogen-bond donors (Lipinski definition) is 2. The fourth-order valence-corrected chi connectivity index (χ4v) is 2.19. The zero-order valence-corrected chi connectivity index (χ0v) is 13.6. The summed E-state index contributed by atoms with van der Waals surface area (Å²) in [6, 6.07) is 0.578. The summed E-state index contributed by atoms with van der Waals surface area (Å²) in [5.41, 5.74) is 4.86. The van der Waals surface area contributed by atoms with Crippen molar-refractivity contribution in [1.29, 1.82) is 0 Å². The summed E-state index contributed by atoms with van der Waals surface area (Å²) >= 11 is 0. The maximum Gasteiger partial charge on any atom is 0.237 e. The molecule has 0 radical (unpaired) electrons. The van der Waals surface area contributed by atoms with Crippen LogP contribution in [0.25, 0.3) is 0 Å². The topological polar surface area (TPSA) is 58.4 Å². The molecule has 1 atom stereocenters. The van der Waals surface area contributed by atoms with E-state index in [4.69, 9.17) is 5.73 Å². The van der Waals surface area contributed by atoms with Crippen LogP contribution in [-0.2, 0) is 4.79 Å². The van der Waals surface area contributed by atoms with Crippen molar-refractivity contribution in [3.05, 3.63) is 0 Å². The summed E-state index contributed by atoms with van der Waals surface area (Å²) in [5, 5.41) is 3.03. The highest BCUT2D eigenvalue weighted by atomic mass is 16.1. The van der Waals surface area contributed by atoms with Crippen LogP contribution >= 0.6 is 0 Å². The number of hydrogen-bond acceptors (Lipinski definition) is 3. The van der Waals surface area contributed by atoms with Crippen molar-refractivity contribution in [2.75, 3.05) is 20.1 Å². The smallest absolute Gasteiger partial charge is 0.237 e. The Balaban J connectivity index is 4.10. The molecule has 0 saturated heterocycles. The Morgan fingerprint density at radius 1 is 1.26 bits per heavy atom. The fourth-order valence-electron chi connectivity index (χ4n) is 2.19. The second-order valence-electron chi connectivity index (χ2n) is 6.39. The van der Waals surface area contributed by atoms with Gasteiger partial charge in [0, 0.05) is 12.6 Å². The number of rotatable bonds is 10. The van der Waals surface area contributed by atoms with Crippen LogP contribution in [0.2, 0.25) is 0 Å². The molecule has 4 nitrogen and oxygen atoms in total. The van der Waals surface area contributed by atoms with Gasteiger partial charge in [-0.25, -0.2) is 0 Å². The second kappa shape index (κ2) is 8.54. The lowest BCUT2D eigenvalue weighted by atomic mass is 9.94. The van der Waals surface area contributed by atoms with Gasteiger partial charge in [0.2, 0.25) is 5.91 Å². The van der Waals surface area contributed by atoms with E-state index in [1.807, 2.05) is 6.92 Å². The molecule has 1 amide bonds. The third kappa shape index (κ3) is 6.92. The van der Waals surface area contributed by atoms with Gasteiger partial charge in [-0.3, -0.25) is 4.79 Å². The third-order valence-corrected chi connectivity index (χ3v) is 3.80. The zero-order valence-electron chi connectivity index (χ0n) is 13.6. The number of likely N-dealkylation sites (N-methyl/N-ethyl adjacent to an activating group) is 1. The van der Waals surface area contributed by atoms with Gasteiger partial charge in [-0.1, -0.05) is 13.8 Å². The first-order chi connectivity index (χ1) is 8.73. The maximum atomic E-state index is 11.4. The highest BCUT2D eigenvalue weighted by Gasteiger charge is 2.28. The van der Waals surface area contributed by atoms with Gasteiger partial charge in [-0.2, -0.15) is 0 Å². The molecule has 0 aromatic heterocycles. The van der Waals surface area contributed by atoms with Gasteiger partial charge in [-0.05, 0) is 59.5 Å². The van der Waals surface area contributed by atoms with Crippen LogP contribution in [0.3, 0.4) is 0 Å². The molecule has 0 spiro atoms. The molecule has 0 fully saturated rings. The van der Waals surface area contributed by atoms with Crippen LogP contribution in [0.1, 0.15) is 53.9 Å². The Morgan fingerprint density at radius 2 is 1.84 bits per heavy atom. The molecule has 1 unspecified atom stereocenters. The number of unbranched alkanes of at least 4 members (excludes halogenated alkanes) is 1. The molecule has 0 aliphatic heterocycles. The maximum absolute atomic E-state index is 11.4. The number of carbonyl (C=O) groups excluding carboxylic acids is 1. The molecule has 0 aliphatic rings. The number of nitrogens with zero attached hydrogens (tertiary/aromatic N) is 1. The average Bonchev–Trinajstić information content (AvgIpc) is 2.31. The third-order valence-electron chi connectivity index (χ3n) is 3.80. The van der Waals surface area contributed by atoms with Crippen molar-refractivity contribution in [2.45, 2.75) is 65.5 Å². The van der Waals surface area contributed by atoms with Crippen LogP contribution in [-0.4, -0.2) is 42.5 Å². The van der Waals surface area contributed by atoms with E-state index in [1.165, 1.54) is 0 Å². The number of primary amides is 1. The van der Waals surface area contributed by atoms with E-state index < -0.39 is 5.54 Å². The van der Waals surface area contributed by atoms with E-state index in [-0.39, 0.29) is 5.91 Å². The second-order valence-corrected chi connectivity index (χ2v) is 6.39. The first-order valence-electron chi connectivity index (χ1n) is 7.45. The molecule has 0 bridgehead atoms. The summed E-state index contributed by atoms with van der Waals surface area (Å²) < 4.78 is 0. The molecule has 114 valence electrons. The predicted molar refractivity (Wildman–Crippen MR) is 82.1 cm³/mol. The first kappa shape index (κ1) is 18.4. The van der Waals surface area contributed by atoms with Gasteiger partial charge in [0.05, 0.1) is 5.54 Å². The number of amides is 1. The molecule has 19 heavy (non-hydrogen) atoms. The normalized spacial score (nSPS) is 15.2. The van der Waals surface area contributed by atoms with Gasteiger partial charge in [-0.15, -0.1) is 0 Å². The molecule has 0 aromatic carbocycles. The lowest BCUT2D eigenvalue weighted by Gasteiger charge is -2.29. The highest BCUT2D eigenvalue weighted by Crippen LogP contribution is 2.14. The lowest BCUT2D eigenvalue weighted by molar-refractivity contribution is -0.123. The van der Waals surface area contributed by atoms with Crippen molar-refractivity contribution in [2.24, 2.45) is 11.7 Å². The van der Waals surface area contributed by atoms with Crippen molar-refractivity contribution < 1.29 is 4.79 Å². The van der Waals surface area contributed by atoms with Gasteiger partial charge >= 0.3 is 0 Å². The zero-order chi connectivity index (χ0) is 15.1. The van der Waals surface area contributed by atoms with Crippen LogP contribution in [0.15, 0.2) is 0 Å². The van der Waals surface area contributed by atoms with E-state index in [2.05, 4.69) is 37.9 Å². The summed E-state index contributed by atoms with van der Waals surface area (Å²) in [4.78, 5) is 13.9. The molecule has 0 aliphatic carbocycles. The molecular formula is C15H33N3O. The summed E-state index contributed by atoms with van der Waals surface area (Å²) in [6.07, 6.45) is 2.92. The Bertz CT molecular complexity index is 266. The van der Waals surface area contributed by atoms with Crippen molar-refractivity contribution in [3.8, 4) is 0 Å². The van der Waals surface area contributed by atoms with Crippen LogP contribution in [0.4, 0.5) is 0 Å². The van der Waals surface area contributed by atoms with E-state index in [9.17, 15) is 4.79 Å². The van der Waals surface area contributed by atoms with Crippen LogP contribution in [0, 0.1) is 5.92 Å². The molecule has 4 heteroatoms. The number of nitrogens with two attached hydrogens (primary N) is 1. The quantitative estimate of drug-likeness (QED) is 0.597. The van der Waals surface area contributed by atoms with Gasteiger partial charge in [0.15, 0.2) is 0 Å². The predicted octanol–water partition coefficient (Wildman–Crippen LogP) is 1.99. The Morgan fingerprint density at radius 3 is 2.21 bits per heavy atom. The monoisotopic (exact) mass is 271 g/mol. The van der Waals surface area contributed by atoms with Crippen LogP contribution < -0.4 is 11.1 Å². The Labute approximate surface area is 119 Å². The molecule has 3 N–H and O–H groups in total. The van der Waals surface area contributed by atoms with Crippen LogP contribution in [0.5, 0.6) is 0 Å². The van der Waals surface area contributed by atoms with Crippen molar-refractivity contribution >= 4 is 5.91 Å². The van der Waals surface area contributed by atoms with E-state index >= 15 is 0 Å². The number of carbonyl (C=O) groups is 1. The number of nitrogens with one attached hydrogen (secondary N) is 1. The lowest BCUT2D eigenvalue weighted by Crippen LogP contribution is -2.51. The van der Waals surface area contributed by atoms with Crippen molar-refractivity contribution in [1.82, 2.24) is 10.2 Å². The fraction of sp³-hybridized carbons (Fsp3) is 0.933. The van der Waals surface area contributed by atoms with Crippen molar-refractivity contribution in [3.63, 3.8) is 0 Å². The molecule has 0 rings (SSSR count). The largest absolute Gasteiger partial charge is 0.368 e. The highest BCUT2D eigenvalue weighted by molar-refractivity contribution is 5.84. The Kier molecular flexibility index (Phi) is 8.26. The summed E-state index contributed by atoms with van der Waals surface area (Å²) in [6.45, 7) is 13.1. The first-order valence-corrected chi connectivity index (χ1v) is 7.45. The van der Waals surface area contributed by atoms with Gasteiger partial charge in [0.25, 0.3) is 0 Å².